The quantitative estimate of drug-likeness (QED) is 0.605. The topological polar surface area (TPSA) is 29.4 Å². The molecular formula is C11H8BrF2NO. The van der Waals surface area contributed by atoms with Crippen molar-refractivity contribution in [1.82, 2.24) is 0 Å². The fourth-order valence-corrected chi connectivity index (χ4v) is 2.71. The second kappa shape index (κ2) is 3.75. The third kappa shape index (κ3) is 1.81. The number of carbonyl (C=O) groups excluding carboxylic acids is 1. The summed E-state index contributed by atoms with van der Waals surface area (Å²) in [5.74, 6) is -2.74. The zero-order valence-corrected chi connectivity index (χ0v) is 9.80. The molecule has 0 bridgehead atoms. The van der Waals surface area contributed by atoms with E-state index < -0.39 is 24.3 Å². The van der Waals surface area contributed by atoms with E-state index in [4.69, 9.17) is 0 Å². The second-order valence-corrected chi connectivity index (χ2v) is 4.78. The summed E-state index contributed by atoms with van der Waals surface area (Å²) in [4.78, 5) is 13.9. The molecule has 0 saturated heterocycles. The van der Waals surface area contributed by atoms with Crippen molar-refractivity contribution in [3.63, 3.8) is 0 Å². The Morgan fingerprint density at radius 3 is 2.44 bits per heavy atom. The van der Waals surface area contributed by atoms with Gasteiger partial charge in [-0.25, -0.2) is 13.6 Å². The molecule has 0 unspecified atom stereocenters. The normalized spacial score (nSPS) is 20.7. The third-order valence-electron chi connectivity index (χ3n) is 2.74. The van der Waals surface area contributed by atoms with E-state index in [0.717, 1.165) is 0 Å². The Hall–Kier alpha value is -1.06. The van der Waals surface area contributed by atoms with Gasteiger partial charge in [-0.2, -0.15) is 4.99 Å². The van der Waals surface area contributed by atoms with Gasteiger partial charge in [0.05, 0.1) is 0 Å². The highest BCUT2D eigenvalue weighted by Crippen LogP contribution is 2.55. The summed E-state index contributed by atoms with van der Waals surface area (Å²) >= 11 is 3.28. The van der Waals surface area contributed by atoms with E-state index in [1.807, 2.05) is 0 Å². The lowest BCUT2D eigenvalue weighted by atomic mass is 9.69. The Morgan fingerprint density at radius 1 is 1.31 bits per heavy atom. The number of nitrogens with zero attached hydrogens (tertiary/aromatic N) is 1. The van der Waals surface area contributed by atoms with Crippen LogP contribution in [0, 0.1) is 0 Å². The molecule has 1 aromatic rings. The van der Waals surface area contributed by atoms with Gasteiger partial charge in [0.2, 0.25) is 6.08 Å². The van der Waals surface area contributed by atoms with E-state index in [0.29, 0.717) is 10.0 Å². The van der Waals surface area contributed by atoms with Crippen LogP contribution in [-0.4, -0.2) is 12.0 Å². The molecule has 1 aliphatic carbocycles. The van der Waals surface area contributed by atoms with Gasteiger partial charge in [0.15, 0.2) is 0 Å². The monoisotopic (exact) mass is 287 g/mol. The van der Waals surface area contributed by atoms with Crippen molar-refractivity contribution in [3.8, 4) is 0 Å². The van der Waals surface area contributed by atoms with Gasteiger partial charge < -0.3 is 0 Å². The number of halogens is 3. The van der Waals surface area contributed by atoms with E-state index >= 15 is 0 Å². The molecule has 0 heterocycles. The molecule has 2 nitrogen and oxygen atoms in total. The molecule has 1 aromatic carbocycles. The van der Waals surface area contributed by atoms with Crippen molar-refractivity contribution in [3.05, 3.63) is 34.3 Å². The maximum atomic E-state index is 13.0. The summed E-state index contributed by atoms with van der Waals surface area (Å²) in [7, 11) is 0. The molecule has 0 radical (unpaired) electrons. The predicted octanol–water partition coefficient (Wildman–Crippen LogP) is 3.41. The Kier molecular flexibility index (Phi) is 2.68. The fraction of sp³-hybridized carbons (Fsp3) is 0.364. The average molecular weight is 288 g/mol. The minimum Gasteiger partial charge on any atom is -0.211 e. The van der Waals surface area contributed by atoms with Crippen LogP contribution in [0.2, 0.25) is 0 Å². The molecule has 0 aliphatic heterocycles. The van der Waals surface area contributed by atoms with Crippen molar-refractivity contribution in [2.24, 2.45) is 4.99 Å². The molecule has 0 atom stereocenters. The van der Waals surface area contributed by atoms with E-state index in [2.05, 4.69) is 20.9 Å². The smallest absolute Gasteiger partial charge is 0.211 e. The highest BCUT2D eigenvalue weighted by atomic mass is 79.9. The van der Waals surface area contributed by atoms with Gasteiger partial charge in [-0.1, -0.05) is 34.1 Å². The number of isocyanates is 1. The van der Waals surface area contributed by atoms with Crippen LogP contribution in [0.4, 0.5) is 8.78 Å². The number of hydrogen-bond acceptors (Lipinski definition) is 2. The van der Waals surface area contributed by atoms with Gasteiger partial charge in [0.1, 0.15) is 5.54 Å². The zero-order chi connectivity index (χ0) is 11.8. The van der Waals surface area contributed by atoms with Crippen LogP contribution in [0.3, 0.4) is 0 Å². The summed E-state index contributed by atoms with van der Waals surface area (Å²) in [6.45, 7) is 0. The standard InChI is InChI=1S/C11H8BrF2NO/c12-9-4-2-1-3-8(9)10(15-7-16)5-11(13,14)6-10/h1-4H,5-6H2. The van der Waals surface area contributed by atoms with Crippen LogP contribution < -0.4 is 0 Å². The SMILES string of the molecule is O=C=NC1(c2ccccc2Br)CC(F)(F)C1. The molecule has 5 heteroatoms. The summed E-state index contributed by atoms with van der Waals surface area (Å²) in [5, 5.41) is 0. The van der Waals surface area contributed by atoms with Crippen LogP contribution in [0.25, 0.3) is 0 Å². The molecule has 16 heavy (non-hydrogen) atoms. The van der Waals surface area contributed by atoms with E-state index in [1.165, 1.54) is 6.08 Å². The van der Waals surface area contributed by atoms with Gasteiger partial charge in [-0.3, -0.25) is 0 Å². The zero-order valence-electron chi connectivity index (χ0n) is 8.21. The molecule has 0 aromatic heterocycles. The highest BCUT2D eigenvalue weighted by molar-refractivity contribution is 9.10. The first-order chi connectivity index (χ1) is 7.49. The maximum Gasteiger partial charge on any atom is 0.253 e. The van der Waals surface area contributed by atoms with Gasteiger partial charge in [-0.05, 0) is 11.6 Å². The van der Waals surface area contributed by atoms with E-state index in [1.54, 1.807) is 24.3 Å². The van der Waals surface area contributed by atoms with Crippen molar-refractivity contribution in [1.29, 1.82) is 0 Å². The molecule has 84 valence electrons. The summed E-state index contributed by atoms with van der Waals surface area (Å²) < 4.78 is 26.6. The lowest BCUT2D eigenvalue weighted by Gasteiger charge is -2.43. The van der Waals surface area contributed by atoms with Crippen LogP contribution >= 0.6 is 15.9 Å². The fourth-order valence-electron chi connectivity index (χ4n) is 2.06. The van der Waals surface area contributed by atoms with Crippen LogP contribution in [0.15, 0.2) is 33.7 Å². The number of alkyl halides is 2. The number of hydrogen-bond donors (Lipinski definition) is 0. The predicted molar refractivity (Wildman–Crippen MR) is 58.1 cm³/mol. The van der Waals surface area contributed by atoms with Crippen LogP contribution in [0.5, 0.6) is 0 Å². The molecule has 1 fully saturated rings. The van der Waals surface area contributed by atoms with Crippen molar-refractivity contribution >= 4 is 22.0 Å². The van der Waals surface area contributed by atoms with Crippen molar-refractivity contribution in [2.45, 2.75) is 24.3 Å². The minimum absolute atomic E-state index is 0.433. The lowest BCUT2D eigenvalue weighted by Crippen LogP contribution is -2.48. The van der Waals surface area contributed by atoms with Gasteiger partial charge in [0, 0.05) is 17.3 Å². The van der Waals surface area contributed by atoms with Crippen molar-refractivity contribution in [2.75, 3.05) is 0 Å². The molecule has 0 spiro atoms. The number of aliphatic imine (C=N–C) groups is 1. The highest BCUT2D eigenvalue weighted by Gasteiger charge is 2.58. The van der Waals surface area contributed by atoms with E-state index in [-0.39, 0.29) is 0 Å². The summed E-state index contributed by atoms with van der Waals surface area (Å²) in [6.07, 6.45) is 0.529. The Morgan fingerprint density at radius 2 is 1.94 bits per heavy atom. The number of benzene rings is 1. The van der Waals surface area contributed by atoms with Gasteiger partial charge in [-0.15, -0.1) is 0 Å². The van der Waals surface area contributed by atoms with E-state index in [9.17, 15) is 13.6 Å². The first-order valence-electron chi connectivity index (χ1n) is 4.71. The molecule has 0 amide bonds. The van der Waals surface area contributed by atoms with Gasteiger partial charge in [0.25, 0.3) is 5.92 Å². The molecule has 0 N–H and O–H groups in total. The largest absolute Gasteiger partial charge is 0.253 e. The molecule has 1 aliphatic rings. The Bertz CT molecular complexity index is 461. The molecule has 1 saturated carbocycles. The average Bonchev–Trinajstić information content (AvgIpc) is 2.15. The first-order valence-corrected chi connectivity index (χ1v) is 5.50. The van der Waals surface area contributed by atoms with Gasteiger partial charge >= 0.3 is 0 Å². The van der Waals surface area contributed by atoms with Crippen molar-refractivity contribution < 1.29 is 13.6 Å². The summed E-state index contributed by atoms with van der Waals surface area (Å²) in [5.41, 5.74) is -0.491. The minimum atomic E-state index is -2.74. The third-order valence-corrected chi connectivity index (χ3v) is 3.43. The lowest BCUT2D eigenvalue weighted by molar-refractivity contribution is -0.124. The Balaban J connectivity index is 2.44. The first kappa shape index (κ1) is 11.4. The maximum absolute atomic E-state index is 13.0. The summed E-state index contributed by atoms with van der Waals surface area (Å²) in [6, 6.07) is 6.95. The Labute approximate surface area is 99.5 Å². The number of rotatable bonds is 2. The molecule has 2 rings (SSSR count). The van der Waals surface area contributed by atoms with Crippen LogP contribution in [-0.2, 0) is 10.3 Å². The second-order valence-electron chi connectivity index (χ2n) is 3.92. The van der Waals surface area contributed by atoms with Crippen LogP contribution in [0.1, 0.15) is 18.4 Å². The molecular weight excluding hydrogens is 280 g/mol.